The summed E-state index contributed by atoms with van der Waals surface area (Å²) < 4.78 is 0. The second-order valence-electron chi connectivity index (χ2n) is 4.55. The minimum atomic E-state index is -0.390. The fourth-order valence-corrected chi connectivity index (χ4v) is 1.80. The number of carbonyl (C=O) groups excluding carboxylic acids is 1. The van der Waals surface area contributed by atoms with Crippen LogP contribution in [0.2, 0.25) is 0 Å². The highest BCUT2D eigenvalue weighted by Gasteiger charge is 2.12. The van der Waals surface area contributed by atoms with Gasteiger partial charge in [-0.1, -0.05) is 0 Å². The first-order valence-corrected chi connectivity index (χ1v) is 6.33. The van der Waals surface area contributed by atoms with Crippen LogP contribution >= 0.6 is 24.2 Å². The van der Waals surface area contributed by atoms with Gasteiger partial charge in [0.05, 0.1) is 5.75 Å². The lowest BCUT2D eigenvalue weighted by Gasteiger charge is -2.18. The Kier molecular flexibility index (Phi) is 7.13. The zero-order valence-corrected chi connectivity index (χ0v) is 12.1. The number of aromatic hydroxyl groups is 1. The average Bonchev–Trinajstić information content (AvgIpc) is 2.25. The van der Waals surface area contributed by atoms with E-state index >= 15 is 0 Å². The maximum absolute atomic E-state index is 11.5. The molecule has 102 valence electrons. The van der Waals surface area contributed by atoms with E-state index in [4.69, 9.17) is 10.8 Å². The quantitative estimate of drug-likeness (QED) is 0.722. The highest BCUT2D eigenvalue weighted by molar-refractivity contribution is 8.00. The Hall–Kier alpha value is -0.910. The number of halogens is 1. The summed E-state index contributed by atoms with van der Waals surface area (Å²) in [6.45, 7) is 4.18. The standard InChI is InChI=1S/C12H18N2O2S.ClH/c1-12(2,13)8-14-11(16)7-17-10-5-3-9(15)4-6-10;/h3-6,15H,7-8,13H2,1-2H3,(H,14,16);1H. The molecule has 0 fully saturated rings. The molecule has 1 aromatic rings. The predicted molar refractivity (Wildman–Crippen MR) is 77.4 cm³/mol. The van der Waals surface area contributed by atoms with Crippen molar-refractivity contribution in [2.24, 2.45) is 5.73 Å². The fourth-order valence-electron chi connectivity index (χ4n) is 1.07. The van der Waals surface area contributed by atoms with E-state index in [1.807, 2.05) is 13.8 Å². The van der Waals surface area contributed by atoms with Crippen LogP contribution in [0.3, 0.4) is 0 Å². The minimum Gasteiger partial charge on any atom is -0.508 e. The molecule has 18 heavy (non-hydrogen) atoms. The SMILES string of the molecule is CC(C)(N)CNC(=O)CSc1ccc(O)cc1.Cl. The Morgan fingerprint density at radius 2 is 1.94 bits per heavy atom. The summed E-state index contributed by atoms with van der Waals surface area (Å²) in [6.07, 6.45) is 0. The summed E-state index contributed by atoms with van der Waals surface area (Å²) in [4.78, 5) is 12.4. The number of phenols is 1. The fraction of sp³-hybridized carbons (Fsp3) is 0.417. The third kappa shape index (κ3) is 7.42. The van der Waals surface area contributed by atoms with Gasteiger partial charge in [-0.05, 0) is 38.1 Å². The zero-order valence-electron chi connectivity index (χ0n) is 10.5. The second kappa shape index (κ2) is 7.51. The van der Waals surface area contributed by atoms with Gasteiger partial charge < -0.3 is 16.2 Å². The van der Waals surface area contributed by atoms with Gasteiger partial charge in [0, 0.05) is 17.0 Å². The minimum absolute atomic E-state index is 0. The summed E-state index contributed by atoms with van der Waals surface area (Å²) in [5.41, 5.74) is 5.37. The Morgan fingerprint density at radius 1 is 1.39 bits per heavy atom. The van der Waals surface area contributed by atoms with Gasteiger partial charge in [-0.3, -0.25) is 4.79 Å². The van der Waals surface area contributed by atoms with Crippen LogP contribution in [-0.2, 0) is 4.79 Å². The van der Waals surface area contributed by atoms with E-state index in [1.165, 1.54) is 11.8 Å². The lowest BCUT2D eigenvalue weighted by Crippen LogP contribution is -2.45. The molecule has 0 radical (unpaired) electrons. The smallest absolute Gasteiger partial charge is 0.230 e. The number of hydrogen-bond acceptors (Lipinski definition) is 4. The van der Waals surface area contributed by atoms with E-state index < -0.39 is 5.54 Å². The first-order valence-electron chi connectivity index (χ1n) is 5.34. The molecule has 0 saturated carbocycles. The average molecular weight is 291 g/mol. The molecular formula is C12H19ClN2O2S. The van der Waals surface area contributed by atoms with Gasteiger partial charge in [-0.15, -0.1) is 24.2 Å². The highest BCUT2D eigenvalue weighted by Crippen LogP contribution is 2.20. The molecule has 0 aromatic heterocycles. The largest absolute Gasteiger partial charge is 0.508 e. The van der Waals surface area contributed by atoms with Crippen molar-refractivity contribution in [3.8, 4) is 5.75 Å². The van der Waals surface area contributed by atoms with Crippen molar-refractivity contribution in [1.82, 2.24) is 5.32 Å². The Bertz CT molecular complexity index is 377. The lowest BCUT2D eigenvalue weighted by molar-refractivity contribution is -0.118. The molecule has 1 amide bonds. The number of nitrogens with two attached hydrogens (primary N) is 1. The Labute approximate surface area is 118 Å². The normalized spacial score (nSPS) is 10.6. The van der Waals surface area contributed by atoms with E-state index in [2.05, 4.69) is 5.32 Å². The third-order valence-corrected chi connectivity index (χ3v) is 2.96. The number of thioether (sulfide) groups is 1. The molecule has 0 aliphatic heterocycles. The molecule has 0 bridgehead atoms. The lowest BCUT2D eigenvalue weighted by atomic mass is 10.1. The molecule has 1 aromatic carbocycles. The van der Waals surface area contributed by atoms with Crippen LogP contribution in [0.15, 0.2) is 29.2 Å². The summed E-state index contributed by atoms with van der Waals surface area (Å²) >= 11 is 1.42. The number of carbonyl (C=O) groups is 1. The molecule has 0 aliphatic carbocycles. The Morgan fingerprint density at radius 3 is 2.44 bits per heavy atom. The maximum atomic E-state index is 11.5. The number of nitrogens with one attached hydrogen (secondary N) is 1. The van der Waals surface area contributed by atoms with Gasteiger partial charge in [-0.2, -0.15) is 0 Å². The van der Waals surface area contributed by atoms with Crippen LogP contribution in [0.4, 0.5) is 0 Å². The molecule has 1 rings (SSSR count). The Balaban J connectivity index is 0.00000289. The molecule has 0 heterocycles. The van der Waals surface area contributed by atoms with Crippen LogP contribution in [0.5, 0.6) is 5.75 Å². The number of phenolic OH excluding ortho intramolecular Hbond substituents is 1. The van der Waals surface area contributed by atoms with Crippen molar-refractivity contribution in [2.75, 3.05) is 12.3 Å². The van der Waals surface area contributed by atoms with Crippen molar-refractivity contribution in [3.05, 3.63) is 24.3 Å². The van der Waals surface area contributed by atoms with Crippen LogP contribution in [0.25, 0.3) is 0 Å². The van der Waals surface area contributed by atoms with Gasteiger partial charge in [-0.25, -0.2) is 0 Å². The molecular weight excluding hydrogens is 272 g/mol. The predicted octanol–water partition coefficient (Wildman–Crippen LogP) is 1.76. The van der Waals surface area contributed by atoms with Crippen molar-refractivity contribution >= 4 is 30.1 Å². The molecule has 0 unspecified atom stereocenters. The topological polar surface area (TPSA) is 75.3 Å². The molecule has 0 spiro atoms. The molecule has 0 aliphatic rings. The summed E-state index contributed by atoms with van der Waals surface area (Å²) in [6, 6.07) is 6.76. The van der Waals surface area contributed by atoms with Crippen LogP contribution in [0, 0.1) is 0 Å². The van der Waals surface area contributed by atoms with Gasteiger partial charge >= 0.3 is 0 Å². The van der Waals surface area contributed by atoms with Gasteiger partial charge in [0.1, 0.15) is 5.75 Å². The molecule has 0 atom stereocenters. The van der Waals surface area contributed by atoms with Crippen molar-refractivity contribution in [1.29, 1.82) is 0 Å². The molecule has 4 nitrogen and oxygen atoms in total. The van der Waals surface area contributed by atoms with Crippen molar-refractivity contribution in [3.63, 3.8) is 0 Å². The number of amides is 1. The first-order chi connectivity index (χ1) is 7.87. The van der Waals surface area contributed by atoms with E-state index in [9.17, 15) is 4.79 Å². The van der Waals surface area contributed by atoms with Crippen molar-refractivity contribution < 1.29 is 9.90 Å². The molecule has 6 heteroatoms. The van der Waals surface area contributed by atoms with E-state index in [1.54, 1.807) is 24.3 Å². The van der Waals surface area contributed by atoms with E-state index in [-0.39, 0.29) is 24.1 Å². The van der Waals surface area contributed by atoms with Crippen LogP contribution in [0.1, 0.15) is 13.8 Å². The number of benzene rings is 1. The van der Waals surface area contributed by atoms with E-state index in [0.29, 0.717) is 12.3 Å². The van der Waals surface area contributed by atoms with E-state index in [0.717, 1.165) is 4.90 Å². The highest BCUT2D eigenvalue weighted by atomic mass is 35.5. The first kappa shape index (κ1) is 17.1. The van der Waals surface area contributed by atoms with Gasteiger partial charge in [0.25, 0.3) is 0 Å². The summed E-state index contributed by atoms with van der Waals surface area (Å²) in [5.74, 6) is 0.534. The third-order valence-electron chi connectivity index (χ3n) is 1.95. The molecule has 0 saturated heterocycles. The zero-order chi connectivity index (χ0) is 12.9. The van der Waals surface area contributed by atoms with Crippen molar-refractivity contribution in [2.45, 2.75) is 24.3 Å². The number of hydrogen-bond donors (Lipinski definition) is 3. The summed E-state index contributed by atoms with van der Waals surface area (Å²) in [5, 5.41) is 11.9. The van der Waals surface area contributed by atoms with Crippen LogP contribution < -0.4 is 11.1 Å². The maximum Gasteiger partial charge on any atom is 0.230 e. The van der Waals surface area contributed by atoms with Gasteiger partial charge in [0.2, 0.25) is 5.91 Å². The van der Waals surface area contributed by atoms with Gasteiger partial charge in [0.15, 0.2) is 0 Å². The van der Waals surface area contributed by atoms with Crippen LogP contribution in [-0.4, -0.2) is 28.9 Å². The molecule has 4 N–H and O–H groups in total. The monoisotopic (exact) mass is 290 g/mol. The summed E-state index contributed by atoms with van der Waals surface area (Å²) in [7, 11) is 0. The second-order valence-corrected chi connectivity index (χ2v) is 5.60. The number of rotatable bonds is 5.